The summed E-state index contributed by atoms with van der Waals surface area (Å²) in [5.41, 5.74) is 1.37. The molecule has 2 saturated heterocycles. The molecule has 2 fully saturated rings. The summed E-state index contributed by atoms with van der Waals surface area (Å²) in [5.74, 6) is 0.814. The summed E-state index contributed by atoms with van der Waals surface area (Å²) < 4.78 is 5.25. The third-order valence-corrected chi connectivity index (χ3v) is 4.81. The van der Waals surface area contributed by atoms with Crippen LogP contribution in [-0.4, -0.2) is 71.3 Å². The molecule has 0 saturated carbocycles. The molecule has 0 amide bonds. The van der Waals surface area contributed by atoms with Gasteiger partial charge in [0.15, 0.2) is 0 Å². The predicted octanol–water partition coefficient (Wildman–Crippen LogP) is 0.500. The fourth-order valence-electron chi connectivity index (χ4n) is 3.62. The fraction of sp³-hybridized carbons (Fsp3) is 0.438. The minimum absolute atomic E-state index is 0.0803. The van der Waals surface area contributed by atoms with Gasteiger partial charge in [-0.3, -0.25) is 19.6 Å². The molecular weight excluding hydrogens is 312 g/mol. The van der Waals surface area contributed by atoms with Gasteiger partial charge in [-0.25, -0.2) is 0 Å². The molecule has 0 spiro atoms. The number of rotatable bonds is 3. The number of methoxy groups -OCH3 is 1. The van der Waals surface area contributed by atoms with E-state index in [1.54, 1.807) is 7.11 Å². The van der Waals surface area contributed by atoms with Crippen LogP contribution in [0, 0.1) is 0 Å². The molecule has 8 nitrogen and oxygen atoms in total. The van der Waals surface area contributed by atoms with Crippen molar-refractivity contribution in [2.45, 2.75) is 24.5 Å². The summed E-state index contributed by atoms with van der Waals surface area (Å²) in [4.78, 5) is 23.5. The Morgan fingerprint density at radius 1 is 1.50 bits per heavy atom. The number of hydrogen-bond acceptors (Lipinski definition) is 6. The number of ketones is 1. The van der Waals surface area contributed by atoms with E-state index in [0.717, 1.165) is 29.6 Å². The van der Waals surface area contributed by atoms with Crippen LogP contribution < -0.4 is 10.1 Å². The number of fused-ring (bicyclic) bond motifs is 3. The van der Waals surface area contributed by atoms with E-state index >= 15 is 0 Å². The van der Waals surface area contributed by atoms with E-state index in [9.17, 15) is 4.79 Å². The molecule has 3 N–H and O–H groups in total. The summed E-state index contributed by atoms with van der Waals surface area (Å²) >= 11 is 0. The van der Waals surface area contributed by atoms with E-state index in [4.69, 9.17) is 14.6 Å². The van der Waals surface area contributed by atoms with E-state index in [1.165, 1.54) is 0 Å². The lowest BCUT2D eigenvalue weighted by Crippen LogP contribution is -2.53. The van der Waals surface area contributed by atoms with Crippen molar-refractivity contribution >= 4 is 23.2 Å². The van der Waals surface area contributed by atoms with Crippen LogP contribution in [0.3, 0.4) is 0 Å². The average molecular weight is 332 g/mol. The van der Waals surface area contributed by atoms with E-state index in [2.05, 4.69) is 20.4 Å². The maximum atomic E-state index is 12.9. The normalized spacial score (nSPS) is 25.3. The smallest absolute Gasteiger partial charge is 0.290 e. The average Bonchev–Trinajstić information content (AvgIpc) is 3.28. The molecule has 0 aliphatic carbocycles. The van der Waals surface area contributed by atoms with Crippen LogP contribution >= 0.6 is 0 Å². The molecule has 4 rings (SSSR count). The lowest BCUT2D eigenvalue weighted by Gasteiger charge is -2.30. The van der Waals surface area contributed by atoms with E-state index in [1.807, 2.05) is 25.2 Å². The van der Waals surface area contributed by atoms with Gasteiger partial charge in [-0.1, -0.05) is 0 Å². The Balaban J connectivity index is 0.000000526. The first-order valence-corrected chi connectivity index (χ1v) is 7.70. The molecule has 1 aromatic carbocycles. The van der Waals surface area contributed by atoms with E-state index in [-0.39, 0.29) is 24.3 Å². The molecule has 2 aliphatic heterocycles. The highest BCUT2D eigenvalue weighted by Crippen LogP contribution is 2.31. The molecule has 3 heterocycles. The summed E-state index contributed by atoms with van der Waals surface area (Å²) in [5, 5.41) is 18.3. The Hall–Kier alpha value is -2.45. The van der Waals surface area contributed by atoms with Crippen molar-refractivity contribution in [3.63, 3.8) is 0 Å². The number of likely N-dealkylation sites (tertiary alicyclic amines) is 1. The van der Waals surface area contributed by atoms with Crippen molar-refractivity contribution in [2.24, 2.45) is 0 Å². The van der Waals surface area contributed by atoms with Crippen LogP contribution in [-0.2, 0) is 4.79 Å². The van der Waals surface area contributed by atoms with Crippen LogP contribution in [0.4, 0.5) is 0 Å². The Bertz CT molecular complexity index is 758. The molecule has 0 radical (unpaired) electrons. The number of hydrogen-bond donors (Lipinski definition) is 3. The second-order valence-electron chi connectivity index (χ2n) is 5.97. The number of aromatic nitrogens is 2. The SMILES string of the molecule is COc1ccc2[nH]nc(C(=O)C3[C@@H]4C[C@H](CN4)N3C)c2c1.O=CO. The Morgan fingerprint density at radius 3 is 2.88 bits per heavy atom. The zero-order valence-corrected chi connectivity index (χ0v) is 13.5. The van der Waals surface area contributed by atoms with Gasteiger partial charge in [-0.15, -0.1) is 0 Å². The van der Waals surface area contributed by atoms with Crippen LogP contribution in [0.2, 0.25) is 0 Å². The summed E-state index contributed by atoms with van der Waals surface area (Å²) in [6, 6.07) is 6.20. The topological polar surface area (TPSA) is 108 Å². The minimum atomic E-state index is -0.250. The van der Waals surface area contributed by atoms with Gasteiger partial charge in [0.05, 0.1) is 18.7 Å². The molecule has 24 heavy (non-hydrogen) atoms. The monoisotopic (exact) mass is 332 g/mol. The highest BCUT2D eigenvalue weighted by Gasteiger charge is 2.48. The molecule has 3 atom stereocenters. The third-order valence-electron chi connectivity index (χ3n) is 4.81. The van der Waals surface area contributed by atoms with Gasteiger partial charge >= 0.3 is 0 Å². The lowest BCUT2D eigenvalue weighted by atomic mass is 10.0. The van der Waals surface area contributed by atoms with Gasteiger partial charge in [0.2, 0.25) is 5.78 Å². The van der Waals surface area contributed by atoms with E-state index < -0.39 is 0 Å². The van der Waals surface area contributed by atoms with Crippen LogP contribution in [0.25, 0.3) is 10.9 Å². The number of benzene rings is 1. The Morgan fingerprint density at radius 2 is 2.25 bits per heavy atom. The molecule has 128 valence electrons. The number of aromatic amines is 1. The molecule has 1 unspecified atom stereocenters. The highest BCUT2D eigenvalue weighted by atomic mass is 16.5. The quantitative estimate of drug-likeness (QED) is 0.555. The number of carboxylic acid groups (broad SMARTS) is 1. The molecule has 1 aromatic heterocycles. The highest BCUT2D eigenvalue weighted by molar-refractivity contribution is 6.09. The minimum Gasteiger partial charge on any atom is -0.497 e. The van der Waals surface area contributed by atoms with Gasteiger partial charge in [-0.05, 0) is 31.7 Å². The predicted molar refractivity (Wildman–Crippen MR) is 87.4 cm³/mol. The number of piperazine rings is 1. The van der Waals surface area contributed by atoms with Gasteiger partial charge in [0.25, 0.3) is 6.47 Å². The first-order valence-electron chi connectivity index (χ1n) is 7.70. The largest absolute Gasteiger partial charge is 0.497 e. The number of ether oxygens (including phenoxy) is 1. The second-order valence-corrected chi connectivity index (χ2v) is 5.97. The van der Waals surface area contributed by atoms with Gasteiger partial charge in [-0.2, -0.15) is 5.10 Å². The van der Waals surface area contributed by atoms with Crippen LogP contribution in [0.5, 0.6) is 5.75 Å². The van der Waals surface area contributed by atoms with Crippen molar-refractivity contribution < 1.29 is 19.4 Å². The lowest BCUT2D eigenvalue weighted by molar-refractivity contribution is -0.122. The third kappa shape index (κ3) is 2.63. The number of Topliss-reactive ketones (excluding diaryl/α,β-unsaturated/α-hetero) is 1. The Labute approximate surface area is 138 Å². The van der Waals surface area contributed by atoms with Crippen molar-refractivity contribution in [1.82, 2.24) is 20.4 Å². The second kappa shape index (κ2) is 6.58. The van der Waals surface area contributed by atoms with Crippen molar-refractivity contribution in [3.8, 4) is 5.75 Å². The summed E-state index contributed by atoms with van der Waals surface area (Å²) in [6.07, 6.45) is 1.04. The zero-order valence-electron chi connectivity index (χ0n) is 13.5. The van der Waals surface area contributed by atoms with Crippen molar-refractivity contribution in [3.05, 3.63) is 23.9 Å². The first-order chi connectivity index (χ1) is 11.6. The number of likely N-dealkylation sites (N-methyl/N-ethyl adjacent to an activating group) is 1. The van der Waals surface area contributed by atoms with Gasteiger partial charge in [0, 0.05) is 24.0 Å². The maximum absolute atomic E-state index is 12.9. The molecule has 8 heteroatoms. The fourth-order valence-corrected chi connectivity index (χ4v) is 3.62. The number of nitrogens with zero attached hydrogens (tertiary/aromatic N) is 2. The first kappa shape index (κ1) is 16.4. The van der Waals surface area contributed by atoms with Crippen molar-refractivity contribution in [1.29, 1.82) is 0 Å². The van der Waals surface area contributed by atoms with Crippen LogP contribution in [0.15, 0.2) is 18.2 Å². The number of carbonyl (C=O) groups is 2. The molecular formula is C16H20N4O4. The van der Waals surface area contributed by atoms with Crippen molar-refractivity contribution in [2.75, 3.05) is 20.7 Å². The molecule has 2 aromatic rings. The number of carbonyl (C=O) groups excluding carboxylic acids is 1. The number of nitrogens with one attached hydrogen (secondary N) is 2. The van der Waals surface area contributed by atoms with Gasteiger partial charge < -0.3 is 15.2 Å². The maximum Gasteiger partial charge on any atom is 0.290 e. The zero-order chi connectivity index (χ0) is 17.3. The standard InChI is InChI=1S/C15H18N4O2.CH2O2/c1-19-8-5-12(16-7-8)14(19)15(20)13-10-6-9(21-2)3-4-11(10)17-18-13;2-1-3/h3-4,6,8,12,14,16H,5,7H2,1-2H3,(H,17,18);1H,(H,2,3)/t8-,12+,14?;/m1./s1. The van der Waals surface area contributed by atoms with Gasteiger partial charge in [0.1, 0.15) is 11.4 Å². The summed E-state index contributed by atoms with van der Waals surface area (Å²) in [6.45, 7) is 0.722. The molecule has 2 aliphatic rings. The summed E-state index contributed by atoms with van der Waals surface area (Å²) in [7, 11) is 3.65. The Kier molecular flexibility index (Phi) is 4.50. The van der Waals surface area contributed by atoms with Crippen LogP contribution in [0.1, 0.15) is 16.9 Å². The molecule has 2 bridgehead atoms. The van der Waals surface area contributed by atoms with E-state index in [0.29, 0.717) is 11.7 Å². The number of H-pyrrole nitrogens is 1.